The van der Waals surface area contributed by atoms with Crippen molar-refractivity contribution >= 4 is 5.91 Å². The lowest BCUT2D eigenvalue weighted by molar-refractivity contribution is 0.0737. The van der Waals surface area contributed by atoms with E-state index in [-0.39, 0.29) is 11.8 Å². The van der Waals surface area contributed by atoms with Gasteiger partial charge in [0.1, 0.15) is 6.33 Å². The molecule has 2 aromatic heterocycles. The Morgan fingerprint density at radius 1 is 1.35 bits per heavy atom. The number of pyridine rings is 1. The molecule has 1 amide bonds. The van der Waals surface area contributed by atoms with Gasteiger partial charge in [0.15, 0.2) is 0 Å². The van der Waals surface area contributed by atoms with Crippen molar-refractivity contribution in [2.75, 3.05) is 26.3 Å². The standard InChI is InChI=1S/C17H20N4O2/c1-13-2-3-15(9-19-13)17(22)21-6-7-23-11-14(10-21)8-16-4-5-18-12-20-16/h2-5,9,12,14H,6-8,10-11H2,1H3. The Balaban J connectivity index is 1.69. The van der Waals surface area contributed by atoms with Gasteiger partial charge in [-0.3, -0.25) is 9.78 Å². The van der Waals surface area contributed by atoms with E-state index in [0.717, 1.165) is 17.8 Å². The highest BCUT2D eigenvalue weighted by atomic mass is 16.5. The third-order valence-corrected chi connectivity index (χ3v) is 3.92. The van der Waals surface area contributed by atoms with Crippen molar-refractivity contribution in [2.45, 2.75) is 13.3 Å². The van der Waals surface area contributed by atoms with Crippen molar-refractivity contribution in [1.29, 1.82) is 0 Å². The largest absolute Gasteiger partial charge is 0.379 e. The molecule has 0 N–H and O–H groups in total. The van der Waals surface area contributed by atoms with E-state index in [0.29, 0.717) is 31.9 Å². The van der Waals surface area contributed by atoms with Crippen LogP contribution in [0.3, 0.4) is 0 Å². The lowest BCUT2D eigenvalue weighted by Gasteiger charge is -2.23. The van der Waals surface area contributed by atoms with Crippen LogP contribution in [0.25, 0.3) is 0 Å². The third kappa shape index (κ3) is 4.10. The fourth-order valence-electron chi connectivity index (χ4n) is 2.70. The van der Waals surface area contributed by atoms with Crippen molar-refractivity contribution in [1.82, 2.24) is 19.9 Å². The molecule has 0 spiro atoms. The van der Waals surface area contributed by atoms with Crippen LogP contribution >= 0.6 is 0 Å². The van der Waals surface area contributed by atoms with E-state index in [9.17, 15) is 4.79 Å². The number of nitrogens with zero attached hydrogens (tertiary/aromatic N) is 4. The smallest absolute Gasteiger partial charge is 0.255 e. The van der Waals surface area contributed by atoms with Gasteiger partial charge >= 0.3 is 0 Å². The minimum atomic E-state index is 0.00990. The van der Waals surface area contributed by atoms with Gasteiger partial charge in [-0.1, -0.05) is 0 Å². The van der Waals surface area contributed by atoms with Gasteiger partial charge in [-0.05, 0) is 31.5 Å². The molecule has 1 unspecified atom stereocenters. The molecular formula is C17H20N4O2. The van der Waals surface area contributed by atoms with Crippen LogP contribution in [0.1, 0.15) is 21.7 Å². The first-order valence-corrected chi connectivity index (χ1v) is 7.77. The molecule has 120 valence electrons. The number of amides is 1. The number of ether oxygens (including phenoxy) is 1. The first kappa shape index (κ1) is 15.6. The van der Waals surface area contributed by atoms with Crippen LogP contribution < -0.4 is 0 Å². The van der Waals surface area contributed by atoms with E-state index in [1.54, 1.807) is 18.7 Å². The van der Waals surface area contributed by atoms with E-state index in [2.05, 4.69) is 15.0 Å². The van der Waals surface area contributed by atoms with E-state index in [1.165, 1.54) is 0 Å². The molecule has 0 radical (unpaired) electrons. The summed E-state index contributed by atoms with van der Waals surface area (Å²) in [6, 6.07) is 5.59. The quantitative estimate of drug-likeness (QED) is 0.859. The van der Waals surface area contributed by atoms with Crippen LogP contribution in [-0.4, -0.2) is 52.1 Å². The Hall–Kier alpha value is -2.34. The molecule has 6 heteroatoms. The minimum Gasteiger partial charge on any atom is -0.379 e. The molecule has 0 aromatic carbocycles. The van der Waals surface area contributed by atoms with Crippen molar-refractivity contribution in [3.63, 3.8) is 0 Å². The van der Waals surface area contributed by atoms with E-state index < -0.39 is 0 Å². The second-order valence-corrected chi connectivity index (χ2v) is 5.79. The van der Waals surface area contributed by atoms with E-state index in [4.69, 9.17) is 4.74 Å². The van der Waals surface area contributed by atoms with Gasteiger partial charge in [0.05, 0.1) is 18.8 Å². The second kappa shape index (κ2) is 7.28. The van der Waals surface area contributed by atoms with Crippen LogP contribution in [0.15, 0.2) is 36.9 Å². The Kier molecular flexibility index (Phi) is 4.92. The summed E-state index contributed by atoms with van der Waals surface area (Å²) in [6.45, 7) is 4.38. The van der Waals surface area contributed by atoms with Crippen LogP contribution in [0.5, 0.6) is 0 Å². The van der Waals surface area contributed by atoms with Gasteiger partial charge < -0.3 is 9.64 Å². The Morgan fingerprint density at radius 2 is 2.26 bits per heavy atom. The molecule has 0 aliphatic carbocycles. The first-order chi connectivity index (χ1) is 11.2. The molecule has 3 rings (SSSR count). The maximum atomic E-state index is 12.7. The van der Waals surface area contributed by atoms with Crippen LogP contribution in [-0.2, 0) is 11.2 Å². The average molecular weight is 312 g/mol. The molecule has 1 saturated heterocycles. The van der Waals surface area contributed by atoms with Crippen molar-refractivity contribution in [3.05, 3.63) is 53.9 Å². The SMILES string of the molecule is Cc1ccc(C(=O)N2CCOCC(Cc3ccncn3)C2)cn1. The lowest BCUT2D eigenvalue weighted by Crippen LogP contribution is -2.36. The summed E-state index contributed by atoms with van der Waals surface area (Å²) in [7, 11) is 0. The van der Waals surface area contributed by atoms with Crippen molar-refractivity contribution in [2.24, 2.45) is 5.92 Å². The van der Waals surface area contributed by atoms with E-state index >= 15 is 0 Å². The topological polar surface area (TPSA) is 68.2 Å². The van der Waals surface area contributed by atoms with Gasteiger partial charge in [0.2, 0.25) is 0 Å². The molecule has 1 atom stereocenters. The number of carbonyl (C=O) groups excluding carboxylic acids is 1. The average Bonchev–Trinajstić information content (AvgIpc) is 2.81. The molecule has 1 aliphatic heterocycles. The first-order valence-electron chi connectivity index (χ1n) is 7.77. The fraction of sp³-hybridized carbons (Fsp3) is 0.412. The molecule has 3 heterocycles. The Labute approximate surface area is 135 Å². The molecular weight excluding hydrogens is 292 g/mol. The summed E-state index contributed by atoms with van der Waals surface area (Å²) in [5.74, 6) is 0.241. The molecule has 1 aliphatic rings. The number of aromatic nitrogens is 3. The summed E-state index contributed by atoms with van der Waals surface area (Å²) in [4.78, 5) is 26.9. The van der Waals surface area contributed by atoms with Crippen molar-refractivity contribution in [3.8, 4) is 0 Å². The van der Waals surface area contributed by atoms with Gasteiger partial charge in [-0.15, -0.1) is 0 Å². The third-order valence-electron chi connectivity index (χ3n) is 3.92. The molecule has 0 saturated carbocycles. The monoisotopic (exact) mass is 312 g/mol. The number of carbonyl (C=O) groups is 1. The molecule has 0 bridgehead atoms. The van der Waals surface area contributed by atoms with Gasteiger partial charge in [0, 0.05) is 42.8 Å². The Bertz CT molecular complexity index is 645. The fourth-order valence-corrected chi connectivity index (χ4v) is 2.70. The molecule has 23 heavy (non-hydrogen) atoms. The number of aryl methyl sites for hydroxylation is 1. The molecule has 2 aromatic rings. The highest BCUT2D eigenvalue weighted by Gasteiger charge is 2.24. The summed E-state index contributed by atoms with van der Waals surface area (Å²) >= 11 is 0. The maximum absolute atomic E-state index is 12.7. The van der Waals surface area contributed by atoms with Crippen molar-refractivity contribution < 1.29 is 9.53 Å². The van der Waals surface area contributed by atoms with E-state index in [1.807, 2.05) is 30.0 Å². The summed E-state index contributed by atoms with van der Waals surface area (Å²) in [5.41, 5.74) is 2.50. The highest BCUT2D eigenvalue weighted by Crippen LogP contribution is 2.15. The normalized spacial score (nSPS) is 18.5. The Morgan fingerprint density at radius 3 is 3.00 bits per heavy atom. The molecule has 6 nitrogen and oxygen atoms in total. The number of hydrogen-bond donors (Lipinski definition) is 0. The van der Waals surface area contributed by atoms with Gasteiger partial charge in [-0.2, -0.15) is 0 Å². The van der Waals surface area contributed by atoms with Gasteiger partial charge in [-0.25, -0.2) is 9.97 Å². The molecule has 1 fully saturated rings. The second-order valence-electron chi connectivity index (χ2n) is 5.79. The summed E-state index contributed by atoms with van der Waals surface area (Å²) in [6.07, 6.45) is 5.70. The number of rotatable bonds is 3. The van der Waals surface area contributed by atoms with Crippen LogP contribution in [0.4, 0.5) is 0 Å². The highest BCUT2D eigenvalue weighted by molar-refractivity contribution is 5.93. The summed E-state index contributed by atoms with van der Waals surface area (Å²) in [5, 5.41) is 0. The van der Waals surface area contributed by atoms with Crippen LogP contribution in [0.2, 0.25) is 0 Å². The minimum absolute atomic E-state index is 0.00990. The van der Waals surface area contributed by atoms with Gasteiger partial charge in [0.25, 0.3) is 5.91 Å². The predicted molar refractivity (Wildman–Crippen MR) is 84.9 cm³/mol. The number of hydrogen-bond acceptors (Lipinski definition) is 5. The zero-order valence-electron chi connectivity index (χ0n) is 13.2. The van der Waals surface area contributed by atoms with Crippen LogP contribution in [0, 0.1) is 12.8 Å². The summed E-state index contributed by atoms with van der Waals surface area (Å²) < 4.78 is 5.66. The zero-order valence-corrected chi connectivity index (χ0v) is 13.2. The maximum Gasteiger partial charge on any atom is 0.255 e. The zero-order chi connectivity index (χ0) is 16.1. The predicted octanol–water partition coefficient (Wildman–Crippen LogP) is 1.51. The lowest BCUT2D eigenvalue weighted by atomic mass is 10.0.